The molecule has 0 bridgehead atoms. The molecule has 0 spiro atoms. The van der Waals surface area contributed by atoms with Gasteiger partial charge in [-0.05, 0) is 34.1 Å². The number of aromatic nitrogens is 1. The van der Waals surface area contributed by atoms with E-state index in [0.717, 1.165) is 30.5 Å². The number of hydrogen-bond acceptors (Lipinski definition) is 4. The fourth-order valence-corrected chi connectivity index (χ4v) is 2.45. The molecule has 0 aliphatic carbocycles. The Bertz CT molecular complexity index is 328. The lowest BCUT2D eigenvalue weighted by molar-refractivity contribution is 0.422. The van der Waals surface area contributed by atoms with Gasteiger partial charge in [0.2, 0.25) is 0 Å². The minimum Gasteiger partial charge on any atom is -0.348 e. The summed E-state index contributed by atoms with van der Waals surface area (Å²) in [4.78, 5) is 7.02. The Labute approximate surface area is 109 Å². The Kier molecular flexibility index (Phi) is 5.40. The van der Waals surface area contributed by atoms with Crippen LogP contribution in [-0.2, 0) is 6.54 Å². The highest BCUT2D eigenvalue weighted by Crippen LogP contribution is 2.20. The van der Waals surface area contributed by atoms with Crippen LogP contribution < -0.4 is 10.2 Å². The molecule has 17 heavy (non-hydrogen) atoms. The summed E-state index contributed by atoms with van der Waals surface area (Å²) in [5.41, 5.74) is 1.30. The second kappa shape index (κ2) is 6.36. The van der Waals surface area contributed by atoms with Gasteiger partial charge in [0, 0.05) is 30.6 Å². The Morgan fingerprint density at radius 3 is 2.59 bits per heavy atom. The third kappa shape index (κ3) is 5.04. The van der Waals surface area contributed by atoms with Crippen LogP contribution in [0, 0.1) is 0 Å². The van der Waals surface area contributed by atoms with Crippen LogP contribution in [0.3, 0.4) is 0 Å². The van der Waals surface area contributed by atoms with E-state index < -0.39 is 0 Å². The van der Waals surface area contributed by atoms with Crippen LogP contribution in [0.15, 0.2) is 5.38 Å². The van der Waals surface area contributed by atoms with Crippen molar-refractivity contribution in [2.75, 3.05) is 18.0 Å². The zero-order chi connectivity index (χ0) is 12.9. The van der Waals surface area contributed by atoms with Crippen molar-refractivity contribution in [1.29, 1.82) is 0 Å². The fraction of sp³-hybridized carbons (Fsp3) is 0.769. The third-order valence-corrected chi connectivity index (χ3v) is 3.44. The Balaban J connectivity index is 2.58. The van der Waals surface area contributed by atoms with Gasteiger partial charge in [0.25, 0.3) is 0 Å². The topological polar surface area (TPSA) is 28.2 Å². The highest BCUT2D eigenvalue weighted by molar-refractivity contribution is 7.13. The second-order valence-corrected chi connectivity index (χ2v) is 6.14. The van der Waals surface area contributed by atoms with Crippen molar-refractivity contribution < 1.29 is 0 Å². The van der Waals surface area contributed by atoms with E-state index >= 15 is 0 Å². The molecular weight excluding hydrogens is 230 g/mol. The smallest absolute Gasteiger partial charge is 0.185 e. The van der Waals surface area contributed by atoms with Gasteiger partial charge in [0.15, 0.2) is 5.13 Å². The van der Waals surface area contributed by atoms with Crippen molar-refractivity contribution in [2.24, 2.45) is 0 Å². The molecule has 0 amide bonds. The SMILES string of the molecule is CCCN(CC)c1nc(CNC(C)(C)C)cs1. The standard InChI is InChI=1S/C13H25N3S/c1-6-8-16(7-2)12-15-11(10-17-12)9-14-13(3,4)5/h10,14H,6-9H2,1-5H3. The number of thiazole rings is 1. The van der Waals surface area contributed by atoms with Gasteiger partial charge in [-0.3, -0.25) is 0 Å². The minimum atomic E-state index is 0.150. The van der Waals surface area contributed by atoms with Gasteiger partial charge in [-0.25, -0.2) is 4.98 Å². The molecule has 0 atom stereocenters. The van der Waals surface area contributed by atoms with Crippen molar-refractivity contribution in [2.45, 2.75) is 53.1 Å². The van der Waals surface area contributed by atoms with Crippen LogP contribution in [0.2, 0.25) is 0 Å². The first-order chi connectivity index (χ1) is 7.96. The van der Waals surface area contributed by atoms with Crippen molar-refractivity contribution in [1.82, 2.24) is 10.3 Å². The lowest BCUT2D eigenvalue weighted by Crippen LogP contribution is -2.35. The van der Waals surface area contributed by atoms with Crippen molar-refractivity contribution in [3.8, 4) is 0 Å². The molecule has 1 aromatic heterocycles. The van der Waals surface area contributed by atoms with Gasteiger partial charge in [-0.15, -0.1) is 11.3 Å². The molecule has 0 unspecified atom stereocenters. The number of rotatable bonds is 6. The lowest BCUT2D eigenvalue weighted by Gasteiger charge is -2.20. The highest BCUT2D eigenvalue weighted by atomic mass is 32.1. The summed E-state index contributed by atoms with van der Waals surface area (Å²) in [5, 5.41) is 6.78. The number of nitrogens with one attached hydrogen (secondary N) is 1. The molecule has 0 saturated carbocycles. The van der Waals surface area contributed by atoms with E-state index in [4.69, 9.17) is 0 Å². The molecule has 0 aliphatic heterocycles. The first-order valence-electron chi connectivity index (χ1n) is 6.40. The van der Waals surface area contributed by atoms with Crippen LogP contribution in [0.1, 0.15) is 46.7 Å². The molecule has 1 N–H and O–H groups in total. The van der Waals surface area contributed by atoms with Crippen LogP contribution >= 0.6 is 11.3 Å². The molecule has 0 radical (unpaired) electrons. The van der Waals surface area contributed by atoms with Crippen molar-refractivity contribution in [3.63, 3.8) is 0 Å². The van der Waals surface area contributed by atoms with Gasteiger partial charge in [0.05, 0.1) is 5.69 Å². The summed E-state index contributed by atoms with van der Waals surface area (Å²) >= 11 is 1.75. The normalized spacial score (nSPS) is 11.8. The highest BCUT2D eigenvalue weighted by Gasteiger charge is 2.12. The van der Waals surface area contributed by atoms with Crippen LogP contribution in [-0.4, -0.2) is 23.6 Å². The minimum absolute atomic E-state index is 0.150. The van der Waals surface area contributed by atoms with Crippen LogP contribution in [0.25, 0.3) is 0 Å². The van der Waals surface area contributed by atoms with E-state index in [2.05, 4.69) is 55.2 Å². The van der Waals surface area contributed by atoms with Crippen molar-refractivity contribution >= 4 is 16.5 Å². The van der Waals surface area contributed by atoms with E-state index in [1.54, 1.807) is 11.3 Å². The number of nitrogens with zero attached hydrogens (tertiary/aromatic N) is 2. The predicted octanol–water partition coefficient (Wildman–Crippen LogP) is 3.27. The Morgan fingerprint density at radius 2 is 2.06 bits per heavy atom. The maximum absolute atomic E-state index is 4.69. The van der Waals surface area contributed by atoms with E-state index in [1.165, 1.54) is 6.42 Å². The Hall–Kier alpha value is -0.610. The van der Waals surface area contributed by atoms with Gasteiger partial charge in [-0.2, -0.15) is 0 Å². The molecule has 0 fully saturated rings. The average Bonchev–Trinajstić information content (AvgIpc) is 2.70. The van der Waals surface area contributed by atoms with Crippen LogP contribution in [0.5, 0.6) is 0 Å². The summed E-state index contributed by atoms with van der Waals surface area (Å²) in [5.74, 6) is 0. The first-order valence-corrected chi connectivity index (χ1v) is 7.28. The molecule has 0 aliphatic rings. The largest absolute Gasteiger partial charge is 0.348 e. The van der Waals surface area contributed by atoms with E-state index in [-0.39, 0.29) is 5.54 Å². The van der Waals surface area contributed by atoms with Gasteiger partial charge in [0.1, 0.15) is 0 Å². The molecule has 4 heteroatoms. The summed E-state index contributed by atoms with van der Waals surface area (Å²) in [6, 6.07) is 0. The van der Waals surface area contributed by atoms with Crippen molar-refractivity contribution in [3.05, 3.63) is 11.1 Å². The molecular formula is C13H25N3S. The first kappa shape index (κ1) is 14.5. The zero-order valence-electron chi connectivity index (χ0n) is 11.7. The molecule has 98 valence electrons. The summed E-state index contributed by atoms with van der Waals surface area (Å²) in [7, 11) is 0. The van der Waals surface area contributed by atoms with E-state index in [1.807, 2.05) is 0 Å². The molecule has 1 heterocycles. The average molecular weight is 255 g/mol. The number of hydrogen-bond donors (Lipinski definition) is 1. The molecule has 0 aromatic carbocycles. The van der Waals surface area contributed by atoms with Crippen LogP contribution in [0.4, 0.5) is 5.13 Å². The monoisotopic (exact) mass is 255 g/mol. The second-order valence-electron chi connectivity index (χ2n) is 5.30. The van der Waals surface area contributed by atoms with Gasteiger partial charge >= 0.3 is 0 Å². The summed E-state index contributed by atoms with van der Waals surface area (Å²) < 4.78 is 0. The quantitative estimate of drug-likeness (QED) is 0.845. The summed E-state index contributed by atoms with van der Waals surface area (Å²) in [6.45, 7) is 13.9. The maximum atomic E-state index is 4.69. The Morgan fingerprint density at radius 1 is 1.35 bits per heavy atom. The van der Waals surface area contributed by atoms with E-state index in [9.17, 15) is 0 Å². The molecule has 0 saturated heterocycles. The molecule has 1 aromatic rings. The molecule has 3 nitrogen and oxygen atoms in total. The zero-order valence-corrected chi connectivity index (χ0v) is 12.5. The predicted molar refractivity (Wildman–Crippen MR) is 76.9 cm³/mol. The maximum Gasteiger partial charge on any atom is 0.185 e. The van der Waals surface area contributed by atoms with Gasteiger partial charge in [-0.1, -0.05) is 6.92 Å². The number of anilines is 1. The van der Waals surface area contributed by atoms with E-state index in [0.29, 0.717) is 0 Å². The fourth-order valence-electron chi connectivity index (χ4n) is 1.54. The summed E-state index contributed by atoms with van der Waals surface area (Å²) in [6.07, 6.45) is 1.17. The van der Waals surface area contributed by atoms with Gasteiger partial charge < -0.3 is 10.2 Å². The molecule has 1 rings (SSSR count). The lowest BCUT2D eigenvalue weighted by atomic mass is 10.1. The third-order valence-electron chi connectivity index (χ3n) is 2.49.